The van der Waals surface area contributed by atoms with Crippen molar-refractivity contribution in [2.45, 2.75) is 49.6 Å². The Kier molecular flexibility index (Phi) is 7.08. The predicted octanol–water partition coefficient (Wildman–Crippen LogP) is 5.10. The summed E-state index contributed by atoms with van der Waals surface area (Å²) in [5.74, 6) is -1.41. The largest absolute Gasteiger partial charge is 0.478 e. The number of rotatable bonds is 7. The van der Waals surface area contributed by atoms with Crippen LogP contribution in [0.2, 0.25) is 0 Å². The van der Waals surface area contributed by atoms with Crippen LogP contribution in [0.3, 0.4) is 0 Å². The van der Waals surface area contributed by atoms with E-state index in [9.17, 15) is 26.4 Å². The third-order valence-corrected chi connectivity index (χ3v) is 7.61. The summed E-state index contributed by atoms with van der Waals surface area (Å²) in [6.07, 6.45) is -0.912. The van der Waals surface area contributed by atoms with E-state index in [4.69, 9.17) is 9.47 Å². The van der Waals surface area contributed by atoms with E-state index in [0.29, 0.717) is 0 Å². The summed E-state index contributed by atoms with van der Waals surface area (Å²) in [6.45, 7) is 3.15. The van der Waals surface area contributed by atoms with Crippen molar-refractivity contribution in [2.24, 2.45) is 0 Å². The number of hydrogen-bond acceptors (Lipinski definition) is 8. The fourth-order valence-electron chi connectivity index (χ4n) is 4.16. The monoisotopic (exact) mass is 550 g/mol. The number of sulfone groups is 1. The van der Waals surface area contributed by atoms with Gasteiger partial charge in [0.05, 0.1) is 17.7 Å². The highest BCUT2D eigenvalue weighted by Gasteiger charge is 2.39. The van der Waals surface area contributed by atoms with Crippen LogP contribution in [-0.4, -0.2) is 42.9 Å². The maximum atomic E-state index is 13.6. The Morgan fingerprint density at radius 1 is 1.11 bits per heavy atom. The minimum absolute atomic E-state index is 0.0285. The van der Waals surface area contributed by atoms with Crippen LogP contribution in [0.25, 0.3) is 0 Å². The van der Waals surface area contributed by atoms with Crippen LogP contribution < -0.4 is 14.8 Å². The zero-order valence-electron chi connectivity index (χ0n) is 21.0. The van der Waals surface area contributed by atoms with Crippen molar-refractivity contribution < 1.29 is 35.9 Å². The second-order valence-corrected chi connectivity index (χ2v) is 11.3. The Labute approximate surface area is 217 Å². The first-order chi connectivity index (χ1) is 17.7. The van der Waals surface area contributed by atoms with Crippen LogP contribution in [0.5, 0.6) is 17.5 Å². The van der Waals surface area contributed by atoms with Crippen LogP contribution in [0.4, 0.5) is 18.9 Å². The molecule has 0 atom stereocenters. The lowest BCUT2D eigenvalue weighted by atomic mass is 9.68. The molecule has 1 aromatic carbocycles. The molecule has 0 unspecified atom stereocenters. The number of ether oxygens (including phenoxy) is 2. The number of carbonyl (C=O) groups excluding carboxylic acids is 1. The molecule has 1 fully saturated rings. The summed E-state index contributed by atoms with van der Waals surface area (Å²) in [5.41, 5.74) is -1.70. The molecule has 38 heavy (non-hydrogen) atoms. The average Bonchev–Trinajstić information content (AvgIpc) is 2.81. The number of carbonyl (C=O) groups is 1. The molecule has 202 valence electrons. The lowest BCUT2D eigenvalue weighted by Crippen LogP contribution is -2.31. The molecule has 9 nitrogen and oxygen atoms in total. The molecule has 1 aliphatic carbocycles. The Morgan fingerprint density at radius 2 is 1.82 bits per heavy atom. The summed E-state index contributed by atoms with van der Waals surface area (Å²) in [5, 5.41) is 9.24. The topological polar surface area (TPSA) is 120 Å². The lowest BCUT2D eigenvalue weighted by molar-refractivity contribution is -0.142. The lowest BCUT2D eigenvalue weighted by Gasteiger charge is -2.37. The number of halogens is 3. The molecule has 0 radical (unpaired) electrons. The molecule has 3 aromatic rings. The zero-order chi connectivity index (χ0) is 27.9. The molecule has 2 heterocycles. The van der Waals surface area contributed by atoms with Gasteiger partial charge in [-0.1, -0.05) is 19.4 Å². The van der Waals surface area contributed by atoms with Gasteiger partial charge in [-0.3, -0.25) is 4.79 Å². The van der Waals surface area contributed by atoms with E-state index < -0.39 is 44.6 Å². The van der Waals surface area contributed by atoms with Gasteiger partial charge in [-0.2, -0.15) is 13.2 Å². The van der Waals surface area contributed by atoms with Gasteiger partial charge in [0.1, 0.15) is 5.56 Å². The number of alkyl halides is 3. The number of hydrogen-bond donors (Lipinski definition) is 1. The van der Waals surface area contributed by atoms with Gasteiger partial charge < -0.3 is 14.8 Å². The Morgan fingerprint density at radius 3 is 2.39 bits per heavy atom. The molecule has 0 spiro atoms. The molecule has 0 saturated heterocycles. The van der Waals surface area contributed by atoms with Crippen molar-refractivity contribution in [1.29, 1.82) is 0 Å². The van der Waals surface area contributed by atoms with E-state index >= 15 is 0 Å². The molecule has 1 N–H and O–H groups in total. The maximum Gasteiger partial charge on any atom is 0.435 e. The van der Waals surface area contributed by atoms with E-state index in [0.717, 1.165) is 38.1 Å². The minimum atomic E-state index is -4.89. The molecule has 0 bridgehead atoms. The molecule has 0 aliphatic heterocycles. The summed E-state index contributed by atoms with van der Waals surface area (Å²) < 4.78 is 75.7. The molecular weight excluding hydrogens is 525 g/mol. The average molecular weight is 551 g/mol. The predicted molar refractivity (Wildman–Crippen MR) is 131 cm³/mol. The Balaban J connectivity index is 1.75. The summed E-state index contributed by atoms with van der Waals surface area (Å²) >= 11 is 0. The van der Waals surface area contributed by atoms with Crippen LogP contribution in [-0.2, 0) is 21.4 Å². The van der Waals surface area contributed by atoms with Crippen molar-refractivity contribution in [3.8, 4) is 17.5 Å². The van der Waals surface area contributed by atoms with Crippen LogP contribution in [0, 0.1) is 6.92 Å². The van der Waals surface area contributed by atoms with Gasteiger partial charge in [-0.15, -0.1) is 10.2 Å². The Hall–Kier alpha value is -3.74. The van der Waals surface area contributed by atoms with Gasteiger partial charge in [0, 0.05) is 17.4 Å². The van der Waals surface area contributed by atoms with Crippen molar-refractivity contribution >= 4 is 21.4 Å². The number of nitrogens with one attached hydrogen (secondary N) is 1. The quantitative estimate of drug-likeness (QED) is 0.432. The van der Waals surface area contributed by atoms with E-state index in [1.165, 1.54) is 31.4 Å². The van der Waals surface area contributed by atoms with Crippen molar-refractivity contribution in [1.82, 2.24) is 15.2 Å². The first-order valence-electron chi connectivity index (χ1n) is 11.5. The maximum absolute atomic E-state index is 13.6. The van der Waals surface area contributed by atoms with Gasteiger partial charge >= 0.3 is 6.18 Å². The fourth-order valence-corrected chi connectivity index (χ4v) is 4.83. The second kappa shape index (κ2) is 9.86. The zero-order valence-corrected chi connectivity index (χ0v) is 21.8. The van der Waals surface area contributed by atoms with E-state index in [1.807, 2.05) is 0 Å². The van der Waals surface area contributed by atoms with Crippen molar-refractivity contribution in [3.63, 3.8) is 0 Å². The van der Waals surface area contributed by atoms with Crippen LogP contribution in [0.1, 0.15) is 53.5 Å². The first-order valence-corrected chi connectivity index (χ1v) is 13.4. The summed E-state index contributed by atoms with van der Waals surface area (Å²) in [7, 11) is -2.23. The van der Waals surface area contributed by atoms with Gasteiger partial charge in [-0.25, -0.2) is 13.4 Å². The van der Waals surface area contributed by atoms with Crippen molar-refractivity contribution in [3.05, 3.63) is 58.9 Å². The standard InChI is InChI=1S/C25H25F3N4O5S/c1-14-19(21(33)29-15-7-5-8-16(13-15)38(4,34)35)23(32-31-20(14)25(26,27)28)37-17-9-10-18(30-22(17)36-3)24(2)11-6-12-24/h5,7-10,13H,6,11-12H2,1-4H3,(H,29,33). The second-order valence-electron chi connectivity index (χ2n) is 9.33. The normalized spacial score (nSPS) is 14.9. The highest BCUT2D eigenvalue weighted by atomic mass is 32.2. The number of nitrogens with zero attached hydrogens (tertiary/aromatic N) is 3. The van der Waals surface area contributed by atoms with Crippen molar-refractivity contribution in [2.75, 3.05) is 18.7 Å². The molecule has 4 rings (SSSR count). The molecule has 2 aromatic heterocycles. The van der Waals surface area contributed by atoms with Gasteiger partial charge in [0.25, 0.3) is 17.7 Å². The van der Waals surface area contributed by atoms with Gasteiger partial charge in [0.15, 0.2) is 21.3 Å². The smallest absolute Gasteiger partial charge is 0.435 e. The number of benzene rings is 1. The van der Waals surface area contributed by atoms with E-state index in [1.54, 1.807) is 12.1 Å². The highest BCUT2D eigenvalue weighted by Crippen LogP contribution is 2.44. The minimum Gasteiger partial charge on any atom is -0.478 e. The summed E-state index contributed by atoms with van der Waals surface area (Å²) in [4.78, 5) is 17.7. The third kappa shape index (κ3) is 5.42. The number of pyridine rings is 1. The van der Waals surface area contributed by atoms with Crippen LogP contribution >= 0.6 is 0 Å². The Bertz CT molecular complexity index is 1510. The van der Waals surface area contributed by atoms with E-state index in [2.05, 4.69) is 27.4 Å². The highest BCUT2D eigenvalue weighted by molar-refractivity contribution is 7.90. The third-order valence-electron chi connectivity index (χ3n) is 6.50. The SMILES string of the molecule is COc1nc(C2(C)CCC2)ccc1Oc1nnc(C(F)(F)F)c(C)c1C(=O)Nc1cccc(S(C)(=O)=O)c1. The number of anilines is 1. The molecular formula is C25H25F3N4O5S. The van der Waals surface area contributed by atoms with E-state index in [-0.39, 0.29) is 27.6 Å². The first kappa shape index (κ1) is 27.3. The summed E-state index contributed by atoms with van der Waals surface area (Å²) in [6, 6.07) is 8.59. The number of aromatic nitrogens is 3. The molecule has 1 saturated carbocycles. The number of amides is 1. The molecule has 1 amide bonds. The molecule has 1 aliphatic rings. The van der Waals surface area contributed by atoms with Gasteiger partial charge in [0.2, 0.25) is 0 Å². The van der Waals surface area contributed by atoms with Gasteiger partial charge in [-0.05, 0) is 55.7 Å². The number of methoxy groups -OCH3 is 1. The van der Waals surface area contributed by atoms with Crippen LogP contribution in [0.15, 0.2) is 41.3 Å². The molecule has 13 heteroatoms. The fraction of sp³-hybridized carbons (Fsp3) is 0.360.